The van der Waals surface area contributed by atoms with Crippen LogP contribution in [0.25, 0.3) is 0 Å². The van der Waals surface area contributed by atoms with Gasteiger partial charge in [0.2, 0.25) is 0 Å². The summed E-state index contributed by atoms with van der Waals surface area (Å²) in [6, 6.07) is 0. The summed E-state index contributed by atoms with van der Waals surface area (Å²) in [6.07, 6.45) is 0. The van der Waals surface area contributed by atoms with E-state index in [2.05, 4.69) is 9.64 Å². The number of esters is 1. The first-order chi connectivity index (χ1) is 7.74. The number of rotatable bonds is 2. The van der Waals surface area contributed by atoms with Gasteiger partial charge in [-0.05, 0) is 0 Å². The summed E-state index contributed by atoms with van der Waals surface area (Å²) >= 11 is -3.36. The van der Waals surface area contributed by atoms with E-state index in [1.165, 1.54) is 7.11 Å². The number of hydrogen-bond donors (Lipinski definition) is 0. The van der Waals surface area contributed by atoms with Crippen LogP contribution in [0.5, 0.6) is 0 Å². The second kappa shape index (κ2) is 5.46. The van der Waals surface area contributed by atoms with Crippen LogP contribution < -0.4 is 0 Å². The van der Waals surface area contributed by atoms with Crippen LogP contribution in [0.1, 0.15) is 0 Å². The van der Waals surface area contributed by atoms with Crippen molar-refractivity contribution in [3.8, 4) is 0 Å². The van der Waals surface area contributed by atoms with Crippen molar-refractivity contribution in [1.29, 1.82) is 0 Å². The molecule has 3 rings (SSSR count). The van der Waals surface area contributed by atoms with Crippen molar-refractivity contribution in [2.75, 3.05) is 46.6 Å². The Hall–Kier alpha value is -0.147. The van der Waals surface area contributed by atoms with Crippen LogP contribution in [-0.2, 0) is 20.8 Å². The minimum absolute atomic E-state index is 0.163. The Morgan fingerprint density at radius 1 is 1.19 bits per heavy atom. The van der Waals surface area contributed by atoms with Gasteiger partial charge in [-0.15, -0.1) is 0 Å². The van der Waals surface area contributed by atoms with Crippen LogP contribution in [0.2, 0.25) is 5.25 Å². The maximum atomic E-state index is 11.3. The zero-order chi connectivity index (χ0) is 11.4. The zero-order valence-corrected chi connectivity index (χ0v) is 11.5. The molecule has 0 aliphatic carbocycles. The number of fused-ring (bicyclic) bond motifs is 6. The van der Waals surface area contributed by atoms with Crippen molar-refractivity contribution in [1.82, 2.24) is 4.90 Å². The van der Waals surface area contributed by atoms with Gasteiger partial charge in [-0.25, -0.2) is 0 Å². The average molecular weight is 292 g/mol. The Morgan fingerprint density at radius 3 is 2.12 bits per heavy atom. The first kappa shape index (κ1) is 12.3. The molecular weight excluding hydrogens is 275 g/mol. The summed E-state index contributed by atoms with van der Waals surface area (Å²) in [5, 5.41) is 0.163. The number of carbonyl (C=O) groups is 1. The Labute approximate surface area is 98.2 Å². The third kappa shape index (κ3) is 2.95. The molecule has 0 aromatic rings. The fraction of sp³-hybridized carbons (Fsp3) is 0.889. The van der Waals surface area contributed by atoms with Gasteiger partial charge in [0, 0.05) is 0 Å². The van der Waals surface area contributed by atoms with Crippen LogP contribution in [-0.4, -0.2) is 71.7 Å². The number of ether oxygens (including phenoxy) is 1. The van der Waals surface area contributed by atoms with E-state index < -0.39 is 14.3 Å². The van der Waals surface area contributed by atoms with Gasteiger partial charge < -0.3 is 0 Å². The normalized spacial score (nSPS) is 34.9. The molecule has 16 heavy (non-hydrogen) atoms. The van der Waals surface area contributed by atoms with Gasteiger partial charge >= 0.3 is 97.8 Å². The van der Waals surface area contributed by atoms with Crippen molar-refractivity contribution in [3.63, 3.8) is 0 Å². The summed E-state index contributed by atoms with van der Waals surface area (Å²) in [7, 11) is 1.37. The summed E-state index contributed by atoms with van der Waals surface area (Å²) in [4.78, 5) is 13.6. The van der Waals surface area contributed by atoms with E-state index in [-0.39, 0.29) is 11.2 Å². The Bertz CT molecular complexity index is 236. The van der Waals surface area contributed by atoms with Gasteiger partial charge in [0.25, 0.3) is 0 Å². The molecular formula is C9H17GeNO5. The fourth-order valence-electron chi connectivity index (χ4n) is 1.85. The Balaban J connectivity index is 2.05. The third-order valence-electron chi connectivity index (χ3n) is 2.78. The van der Waals surface area contributed by atoms with E-state index in [0.29, 0.717) is 19.8 Å². The first-order valence-corrected chi connectivity index (χ1v) is 9.50. The van der Waals surface area contributed by atoms with Crippen molar-refractivity contribution in [2.45, 2.75) is 5.25 Å². The number of nitrogens with zero attached hydrogens (tertiary/aromatic N) is 1. The molecule has 0 atom stereocenters. The molecule has 0 spiro atoms. The van der Waals surface area contributed by atoms with E-state index in [1.54, 1.807) is 0 Å². The molecule has 3 aliphatic rings. The Morgan fingerprint density at radius 2 is 1.69 bits per heavy atom. The van der Waals surface area contributed by atoms with Crippen LogP contribution in [0.15, 0.2) is 0 Å². The molecule has 6 nitrogen and oxygen atoms in total. The molecule has 0 amide bonds. The SMILES string of the molecule is COC(=O)[CH2][Ge]12[O]CCN(CC[O]1)CC[O]2. The molecule has 0 aromatic heterocycles. The van der Waals surface area contributed by atoms with Crippen molar-refractivity contribution in [2.24, 2.45) is 0 Å². The maximum absolute atomic E-state index is 11.3. The second-order valence-corrected chi connectivity index (χ2v) is 9.25. The number of methoxy groups -OCH3 is 1. The molecule has 0 aromatic carbocycles. The molecule has 3 fully saturated rings. The summed E-state index contributed by atoms with van der Waals surface area (Å²) in [5.74, 6) is -0.307. The molecule has 0 radical (unpaired) electrons. The standard InChI is InChI=1S/C9H17GeNO5/c1-13-9(12)8-10-14-5-2-11(3-6-15-10)4-7-16-10/h2-8H2,1H3. The molecule has 3 aliphatic heterocycles. The van der Waals surface area contributed by atoms with E-state index in [0.717, 1.165) is 19.6 Å². The molecule has 3 saturated heterocycles. The molecule has 7 heteroatoms. The van der Waals surface area contributed by atoms with Gasteiger partial charge in [0.15, 0.2) is 0 Å². The minimum atomic E-state index is -3.36. The monoisotopic (exact) mass is 293 g/mol. The first-order valence-electron chi connectivity index (χ1n) is 5.45. The van der Waals surface area contributed by atoms with Gasteiger partial charge in [-0.1, -0.05) is 0 Å². The van der Waals surface area contributed by atoms with E-state index in [1.807, 2.05) is 0 Å². The summed E-state index contributed by atoms with van der Waals surface area (Å²) in [6.45, 7) is 4.41. The molecule has 0 unspecified atom stereocenters. The average Bonchev–Trinajstić information content (AvgIpc) is 2.19. The molecule has 0 saturated carbocycles. The van der Waals surface area contributed by atoms with Crippen LogP contribution in [0.4, 0.5) is 0 Å². The van der Waals surface area contributed by atoms with Crippen molar-refractivity contribution < 1.29 is 20.8 Å². The van der Waals surface area contributed by atoms with E-state index in [4.69, 9.17) is 11.3 Å². The van der Waals surface area contributed by atoms with Gasteiger partial charge in [-0.2, -0.15) is 0 Å². The van der Waals surface area contributed by atoms with Crippen LogP contribution in [0, 0.1) is 0 Å². The zero-order valence-electron chi connectivity index (χ0n) is 9.44. The second-order valence-electron chi connectivity index (χ2n) is 3.82. The van der Waals surface area contributed by atoms with Crippen molar-refractivity contribution in [3.05, 3.63) is 0 Å². The number of hydrogen-bond acceptors (Lipinski definition) is 6. The van der Waals surface area contributed by atoms with E-state index >= 15 is 0 Å². The predicted molar refractivity (Wildman–Crippen MR) is 56.9 cm³/mol. The fourth-order valence-corrected chi connectivity index (χ4v) is 6.60. The molecule has 2 bridgehead atoms. The summed E-state index contributed by atoms with van der Waals surface area (Å²) in [5.41, 5.74) is 0. The van der Waals surface area contributed by atoms with Crippen LogP contribution >= 0.6 is 0 Å². The predicted octanol–water partition coefficient (Wildman–Crippen LogP) is -0.523. The van der Waals surface area contributed by atoms with Crippen LogP contribution in [0.3, 0.4) is 0 Å². The summed E-state index contributed by atoms with van der Waals surface area (Å²) < 4.78 is 21.8. The third-order valence-corrected chi connectivity index (χ3v) is 8.34. The topological polar surface area (TPSA) is 57.2 Å². The van der Waals surface area contributed by atoms with Gasteiger partial charge in [0.05, 0.1) is 0 Å². The van der Waals surface area contributed by atoms with Gasteiger partial charge in [0.1, 0.15) is 0 Å². The molecule has 92 valence electrons. The van der Waals surface area contributed by atoms with Gasteiger partial charge in [-0.3, -0.25) is 0 Å². The Kier molecular flexibility index (Phi) is 4.20. The number of carbonyl (C=O) groups excluding carboxylic acids is 1. The van der Waals surface area contributed by atoms with E-state index in [9.17, 15) is 4.79 Å². The quantitative estimate of drug-likeness (QED) is 0.504. The molecule has 0 N–H and O–H groups in total. The molecule has 3 heterocycles. The van der Waals surface area contributed by atoms with Crippen molar-refractivity contribution >= 4 is 20.2 Å².